The van der Waals surface area contributed by atoms with E-state index in [0.29, 0.717) is 35.2 Å². The van der Waals surface area contributed by atoms with Gasteiger partial charge in [-0.05, 0) is 23.6 Å². The van der Waals surface area contributed by atoms with Crippen LogP contribution in [0.15, 0.2) is 54.7 Å². The number of anilines is 2. The fraction of sp³-hybridized carbons (Fsp3) is 0.273. The topological polar surface area (TPSA) is 54.5 Å². The van der Waals surface area contributed by atoms with Gasteiger partial charge in [-0.25, -0.2) is 4.98 Å². The van der Waals surface area contributed by atoms with E-state index in [4.69, 9.17) is 4.74 Å². The van der Waals surface area contributed by atoms with Gasteiger partial charge in [0.25, 0.3) is 5.91 Å². The molecule has 0 aliphatic carbocycles. The van der Waals surface area contributed by atoms with Crippen molar-refractivity contribution in [1.82, 2.24) is 9.88 Å². The summed E-state index contributed by atoms with van der Waals surface area (Å²) in [5, 5.41) is 4.33. The van der Waals surface area contributed by atoms with Crippen LogP contribution in [0.25, 0.3) is 10.8 Å². The molecule has 5 nitrogen and oxygen atoms in total. The number of halogens is 3. The maximum absolute atomic E-state index is 13.1. The van der Waals surface area contributed by atoms with E-state index < -0.39 is 11.7 Å². The van der Waals surface area contributed by atoms with Gasteiger partial charge in [-0.3, -0.25) is 4.79 Å². The van der Waals surface area contributed by atoms with Gasteiger partial charge >= 0.3 is 6.18 Å². The van der Waals surface area contributed by atoms with Crippen LogP contribution < -0.4 is 5.32 Å². The van der Waals surface area contributed by atoms with Gasteiger partial charge in [-0.15, -0.1) is 0 Å². The van der Waals surface area contributed by atoms with E-state index in [0.717, 1.165) is 18.6 Å². The van der Waals surface area contributed by atoms with E-state index in [1.807, 2.05) is 12.1 Å². The maximum Gasteiger partial charge on any atom is 0.416 e. The molecule has 1 aromatic heterocycles. The summed E-state index contributed by atoms with van der Waals surface area (Å²) in [5.41, 5.74) is 0.00537. The van der Waals surface area contributed by atoms with Crippen molar-refractivity contribution in [1.29, 1.82) is 0 Å². The molecule has 3 fully saturated rings. The van der Waals surface area contributed by atoms with Crippen molar-refractivity contribution in [3.8, 4) is 0 Å². The molecule has 1 amide bonds. The number of hydrogen-bond donors (Lipinski definition) is 1. The average Bonchev–Trinajstić information content (AvgIpc) is 2.73. The number of nitrogens with zero attached hydrogens (tertiary/aromatic N) is 2. The third-order valence-corrected chi connectivity index (χ3v) is 5.52. The minimum absolute atomic E-state index is 0.105. The predicted molar refractivity (Wildman–Crippen MR) is 106 cm³/mol. The highest BCUT2D eigenvalue weighted by molar-refractivity contribution is 6.09. The predicted octanol–water partition coefficient (Wildman–Crippen LogP) is 4.61. The molecule has 30 heavy (non-hydrogen) atoms. The molecule has 2 atom stereocenters. The first-order valence-corrected chi connectivity index (χ1v) is 9.65. The molecule has 0 saturated carbocycles. The molecule has 2 unspecified atom stereocenters. The number of benzene rings is 2. The van der Waals surface area contributed by atoms with E-state index in [2.05, 4.69) is 10.3 Å². The van der Waals surface area contributed by atoms with Crippen LogP contribution in [0.3, 0.4) is 0 Å². The summed E-state index contributed by atoms with van der Waals surface area (Å²) in [6, 6.07) is 12.2. The van der Waals surface area contributed by atoms with Crippen LogP contribution >= 0.6 is 0 Å². The Kier molecular flexibility index (Phi) is 4.39. The number of carbonyl (C=O) groups is 1. The van der Waals surface area contributed by atoms with Crippen LogP contribution in [0.1, 0.15) is 22.3 Å². The second-order valence-corrected chi connectivity index (χ2v) is 7.60. The molecular weight excluding hydrogens is 395 g/mol. The quantitative estimate of drug-likeness (QED) is 0.681. The Morgan fingerprint density at radius 2 is 1.77 bits per heavy atom. The molecule has 6 rings (SSSR count). The Morgan fingerprint density at radius 3 is 2.47 bits per heavy atom. The monoisotopic (exact) mass is 413 g/mol. The van der Waals surface area contributed by atoms with Gasteiger partial charge in [0.05, 0.1) is 23.3 Å². The maximum atomic E-state index is 13.1. The van der Waals surface area contributed by atoms with Crippen LogP contribution in [0.4, 0.5) is 24.7 Å². The second kappa shape index (κ2) is 6.98. The van der Waals surface area contributed by atoms with E-state index >= 15 is 0 Å². The number of amides is 1. The summed E-state index contributed by atoms with van der Waals surface area (Å²) in [7, 11) is 0. The zero-order valence-electron chi connectivity index (χ0n) is 15.8. The lowest BCUT2D eigenvalue weighted by molar-refractivity contribution is -0.171. The van der Waals surface area contributed by atoms with Crippen LogP contribution in [0.2, 0.25) is 0 Å². The Labute approximate surface area is 170 Å². The molecule has 154 valence electrons. The van der Waals surface area contributed by atoms with Crippen molar-refractivity contribution in [3.05, 3.63) is 65.9 Å². The van der Waals surface area contributed by atoms with Crippen LogP contribution in [-0.4, -0.2) is 41.1 Å². The largest absolute Gasteiger partial charge is 0.416 e. The Bertz CT molecular complexity index is 1120. The molecule has 3 aliphatic rings. The van der Waals surface area contributed by atoms with E-state index in [1.54, 1.807) is 23.1 Å². The second-order valence-electron chi connectivity index (χ2n) is 7.60. The number of hydrogen-bond acceptors (Lipinski definition) is 4. The number of alkyl halides is 3. The Balaban J connectivity index is 1.48. The number of pyridine rings is 1. The number of piperidine rings is 1. The highest BCUT2D eigenvalue weighted by Gasteiger charge is 2.40. The highest BCUT2D eigenvalue weighted by atomic mass is 19.4. The smallest absolute Gasteiger partial charge is 0.371 e. The van der Waals surface area contributed by atoms with Gasteiger partial charge in [-0.1, -0.05) is 30.3 Å². The lowest BCUT2D eigenvalue weighted by Gasteiger charge is -2.47. The van der Waals surface area contributed by atoms with Gasteiger partial charge in [0.2, 0.25) is 0 Å². The fourth-order valence-corrected chi connectivity index (χ4v) is 4.06. The number of nitrogens with one attached hydrogen (secondary N) is 1. The number of fused-ring (bicyclic) bond motifs is 3. The summed E-state index contributed by atoms with van der Waals surface area (Å²) >= 11 is 0. The normalized spacial score (nSPS) is 20.7. The summed E-state index contributed by atoms with van der Waals surface area (Å²) in [5.74, 6) is 0.286. The summed E-state index contributed by atoms with van der Waals surface area (Å²) in [6.45, 7) is 1.13. The molecule has 8 heteroatoms. The molecular formula is C22H18F3N3O2. The van der Waals surface area contributed by atoms with Crippen molar-refractivity contribution >= 4 is 28.2 Å². The minimum Gasteiger partial charge on any atom is -0.371 e. The summed E-state index contributed by atoms with van der Waals surface area (Å²) in [4.78, 5) is 19.2. The standard InChI is InChI=1S/C22H18F3N3O2/c23-22(24,25)13-4-3-5-14(8-13)27-20-18-7-2-1-6-17(18)19(10-26-20)21(29)28-11-15-9-16(12-28)30-15/h1-8,10,15-16H,9,11-12H2,(H,26,27). The zero-order valence-corrected chi connectivity index (χ0v) is 15.8. The third kappa shape index (κ3) is 3.37. The molecule has 2 bridgehead atoms. The molecule has 3 saturated heterocycles. The summed E-state index contributed by atoms with van der Waals surface area (Å²) < 4.78 is 44.6. The molecule has 3 aliphatic heterocycles. The zero-order chi connectivity index (χ0) is 20.9. The van der Waals surface area contributed by atoms with Crippen LogP contribution in [0, 0.1) is 0 Å². The van der Waals surface area contributed by atoms with Crippen LogP contribution in [0.5, 0.6) is 0 Å². The Hall–Kier alpha value is -3.13. The van der Waals surface area contributed by atoms with Crippen molar-refractivity contribution < 1.29 is 22.7 Å². The number of morpholine rings is 1. The summed E-state index contributed by atoms with van der Waals surface area (Å²) in [6.07, 6.45) is -1.74. The third-order valence-electron chi connectivity index (χ3n) is 5.52. The van der Waals surface area contributed by atoms with E-state index in [1.165, 1.54) is 12.3 Å². The minimum atomic E-state index is -4.43. The number of carbonyl (C=O) groups excluding carboxylic acids is 1. The van der Waals surface area contributed by atoms with Gasteiger partial charge in [0, 0.05) is 36.8 Å². The van der Waals surface area contributed by atoms with Crippen molar-refractivity contribution in [2.45, 2.75) is 24.8 Å². The number of ether oxygens (including phenoxy) is 1. The molecule has 1 N–H and O–H groups in total. The average molecular weight is 413 g/mol. The van der Waals surface area contributed by atoms with Crippen molar-refractivity contribution in [2.75, 3.05) is 18.4 Å². The number of aromatic nitrogens is 1. The lowest BCUT2D eigenvalue weighted by Crippen LogP contribution is -2.58. The molecule has 3 aromatic rings. The molecule has 4 heterocycles. The van der Waals surface area contributed by atoms with Crippen LogP contribution in [-0.2, 0) is 10.9 Å². The molecule has 0 spiro atoms. The van der Waals surface area contributed by atoms with Gasteiger partial charge in [0.15, 0.2) is 0 Å². The van der Waals surface area contributed by atoms with E-state index in [-0.39, 0.29) is 23.8 Å². The molecule has 0 radical (unpaired) electrons. The van der Waals surface area contributed by atoms with Crippen molar-refractivity contribution in [2.24, 2.45) is 0 Å². The first-order chi connectivity index (χ1) is 14.4. The van der Waals surface area contributed by atoms with Gasteiger partial charge in [0.1, 0.15) is 5.82 Å². The molecule has 2 aromatic carbocycles. The van der Waals surface area contributed by atoms with Gasteiger partial charge in [-0.2, -0.15) is 13.2 Å². The van der Waals surface area contributed by atoms with E-state index in [9.17, 15) is 18.0 Å². The lowest BCUT2D eigenvalue weighted by atomic mass is 9.97. The van der Waals surface area contributed by atoms with Gasteiger partial charge < -0.3 is 15.0 Å². The SMILES string of the molecule is O=C(c1cnc(Nc2cccc(C(F)(F)F)c2)c2ccccc12)N1CC2CC(C1)O2. The van der Waals surface area contributed by atoms with Crippen molar-refractivity contribution in [3.63, 3.8) is 0 Å². The fourth-order valence-electron chi connectivity index (χ4n) is 4.06. The highest BCUT2D eigenvalue weighted by Crippen LogP contribution is 2.34. The number of rotatable bonds is 3. The first kappa shape index (κ1) is 18.9. The first-order valence-electron chi connectivity index (χ1n) is 9.65. The Morgan fingerprint density at radius 1 is 1.07 bits per heavy atom.